The largest absolute Gasteiger partial charge is 0.273 e. The number of amides is 2. The molecule has 0 spiro atoms. The van der Waals surface area contributed by atoms with Crippen molar-refractivity contribution in [3.63, 3.8) is 0 Å². The van der Waals surface area contributed by atoms with Crippen LogP contribution < -0.4 is 0 Å². The molecule has 0 atom stereocenters. The Hall–Kier alpha value is -2.48. The average molecular weight is 283 g/mol. The van der Waals surface area contributed by atoms with Gasteiger partial charge in [0.05, 0.1) is 17.2 Å². The van der Waals surface area contributed by atoms with E-state index in [1.165, 1.54) is 0 Å². The summed E-state index contributed by atoms with van der Waals surface area (Å²) in [5.74, 6) is -0.788. The van der Waals surface area contributed by atoms with Gasteiger partial charge in [-0.05, 0) is 45.9 Å². The molecule has 1 saturated heterocycles. The van der Waals surface area contributed by atoms with Crippen LogP contribution in [0.3, 0.4) is 0 Å². The van der Waals surface area contributed by atoms with Crippen LogP contribution in [-0.2, 0) is 9.59 Å². The van der Waals surface area contributed by atoms with Crippen molar-refractivity contribution in [1.29, 1.82) is 5.26 Å². The fraction of sp³-hybridized carbons (Fsp3) is 0.375. The highest BCUT2D eigenvalue weighted by Crippen LogP contribution is 2.41. The standard InChI is InChI=1S/C16H17N3O2/c1-15(2,10-17)19-13(20)12(16(3,4)14(19)21)9-11-7-5-6-8-18-11/h5-9H,1-4H3/b12-9-. The number of hydrogen-bond donors (Lipinski definition) is 0. The summed E-state index contributed by atoms with van der Waals surface area (Å²) in [5.41, 5.74) is -1.18. The number of aromatic nitrogens is 1. The molecule has 0 saturated carbocycles. The van der Waals surface area contributed by atoms with Gasteiger partial charge >= 0.3 is 0 Å². The van der Waals surface area contributed by atoms with Gasteiger partial charge in [0, 0.05) is 11.8 Å². The van der Waals surface area contributed by atoms with Gasteiger partial charge in [-0.25, -0.2) is 0 Å². The monoisotopic (exact) mass is 283 g/mol. The molecule has 1 aliphatic heterocycles. The Balaban J connectivity index is 2.55. The third-order valence-electron chi connectivity index (χ3n) is 3.66. The van der Waals surface area contributed by atoms with E-state index >= 15 is 0 Å². The van der Waals surface area contributed by atoms with E-state index in [2.05, 4.69) is 4.98 Å². The van der Waals surface area contributed by atoms with E-state index in [1.807, 2.05) is 12.1 Å². The normalized spacial score (nSPS) is 20.0. The maximum absolute atomic E-state index is 12.6. The first kappa shape index (κ1) is 14.9. The lowest BCUT2D eigenvalue weighted by atomic mass is 9.85. The first-order valence-corrected chi connectivity index (χ1v) is 6.65. The molecule has 0 radical (unpaired) electrons. The number of nitriles is 1. The molecule has 1 fully saturated rings. The van der Waals surface area contributed by atoms with Gasteiger partial charge in [-0.15, -0.1) is 0 Å². The molecule has 5 heteroatoms. The predicted octanol–water partition coefficient (Wildman–Crippen LogP) is 2.16. The molecule has 0 bridgehead atoms. The van der Waals surface area contributed by atoms with Gasteiger partial charge in [0.15, 0.2) is 0 Å². The van der Waals surface area contributed by atoms with E-state index in [0.717, 1.165) is 4.90 Å². The molecule has 1 aromatic heterocycles. The highest BCUT2D eigenvalue weighted by Gasteiger charge is 2.54. The minimum atomic E-state index is -1.18. The summed E-state index contributed by atoms with van der Waals surface area (Å²) >= 11 is 0. The smallest absolute Gasteiger partial charge is 0.258 e. The number of imide groups is 1. The maximum atomic E-state index is 12.6. The minimum absolute atomic E-state index is 0.356. The zero-order valence-corrected chi connectivity index (χ0v) is 12.5. The van der Waals surface area contributed by atoms with Crippen LogP contribution in [0.1, 0.15) is 33.4 Å². The molecule has 2 amide bonds. The molecule has 108 valence electrons. The van der Waals surface area contributed by atoms with Crippen LogP contribution in [0.15, 0.2) is 30.0 Å². The SMILES string of the molecule is CC1(C)C(=O)N(C(C)(C)C#N)C(=O)/C1=C/c1ccccn1. The van der Waals surface area contributed by atoms with E-state index in [1.54, 1.807) is 52.1 Å². The lowest BCUT2D eigenvalue weighted by Gasteiger charge is -2.27. The molecular formula is C16H17N3O2. The third-order valence-corrected chi connectivity index (χ3v) is 3.66. The first-order valence-electron chi connectivity index (χ1n) is 6.65. The van der Waals surface area contributed by atoms with Crippen LogP contribution in [0.4, 0.5) is 0 Å². The average Bonchev–Trinajstić information content (AvgIpc) is 2.61. The number of carbonyl (C=O) groups is 2. The molecule has 1 aromatic rings. The molecular weight excluding hydrogens is 266 g/mol. The Morgan fingerprint density at radius 1 is 1.33 bits per heavy atom. The van der Waals surface area contributed by atoms with Crippen molar-refractivity contribution in [2.45, 2.75) is 33.2 Å². The summed E-state index contributed by atoms with van der Waals surface area (Å²) < 4.78 is 0. The lowest BCUT2D eigenvalue weighted by molar-refractivity contribution is -0.144. The van der Waals surface area contributed by atoms with Crippen molar-refractivity contribution in [3.05, 3.63) is 35.7 Å². The second-order valence-corrected chi connectivity index (χ2v) is 6.05. The topological polar surface area (TPSA) is 74.1 Å². The fourth-order valence-corrected chi connectivity index (χ4v) is 2.28. The highest BCUT2D eigenvalue weighted by molar-refractivity contribution is 6.19. The Morgan fingerprint density at radius 3 is 2.52 bits per heavy atom. The third kappa shape index (κ3) is 2.33. The predicted molar refractivity (Wildman–Crippen MR) is 77.5 cm³/mol. The van der Waals surface area contributed by atoms with Crippen molar-refractivity contribution in [3.8, 4) is 6.07 Å². The van der Waals surface area contributed by atoms with E-state index in [-0.39, 0.29) is 5.91 Å². The molecule has 0 aliphatic carbocycles. The summed E-state index contributed by atoms with van der Waals surface area (Å²) in [6.07, 6.45) is 3.24. The van der Waals surface area contributed by atoms with Gasteiger partial charge < -0.3 is 0 Å². The van der Waals surface area contributed by atoms with E-state index in [0.29, 0.717) is 11.3 Å². The number of nitrogens with zero attached hydrogens (tertiary/aromatic N) is 3. The summed E-state index contributed by atoms with van der Waals surface area (Å²) in [6, 6.07) is 7.36. The van der Waals surface area contributed by atoms with Gasteiger partial charge in [0.1, 0.15) is 5.54 Å². The Labute approximate surface area is 123 Å². The lowest BCUT2D eigenvalue weighted by Crippen LogP contribution is -2.47. The number of hydrogen-bond acceptors (Lipinski definition) is 4. The van der Waals surface area contributed by atoms with Gasteiger partial charge in [-0.1, -0.05) is 6.07 Å². The van der Waals surface area contributed by atoms with Crippen molar-refractivity contribution >= 4 is 17.9 Å². The van der Waals surface area contributed by atoms with Crippen molar-refractivity contribution < 1.29 is 9.59 Å². The van der Waals surface area contributed by atoms with Crippen molar-refractivity contribution in [2.24, 2.45) is 5.41 Å². The Morgan fingerprint density at radius 2 is 2.00 bits per heavy atom. The summed E-state index contributed by atoms with van der Waals surface area (Å²) in [6.45, 7) is 6.50. The number of carbonyl (C=O) groups excluding carboxylic acids is 2. The highest BCUT2D eigenvalue weighted by atomic mass is 16.2. The summed E-state index contributed by atoms with van der Waals surface area (Å²) in [7, 11) is 0. The van der Waals surface area contributed by atoms with E-state index in [4.69, 9.17) is 0 Å². The summed E-state index contributed by atoms with van der Waals surface area (Å²) in [4.78, 5) is 30.3. The van der Waals surface area contributed by atoms with Crippen molar-refractivity contribution in [2.75, 3.05) is 0 Å². The van der Waals surface area contributed by atoms with Crippen LogP contribution in [-0.4, -0.2) is 27.2 Å². The molecule has 0 unspecified atom stereocenters. The van der Waals surface area contributed by atoms with Crippen LogP contribution in [0, 0.1) is 16.7 Å². The van der Waals surface area contributed by atoms with Crippen LogP contribution in [0.2, 0.25) is 0 Å². The molecule has 2 heterocycles. The fourth-order valence-electron chi connectivity index (χ4n) is 2.28. The molecule has 5 nitrogen and oxygen atoms in total. The van der Waals surface area contributed by atoms with Crippen LogP contribution in [0.25, 0.3) is 6.08 Å². The quantitative estimate of drug-likeness (QED) is 0.616. The molecule has 2 rings (SSSR count). The van der Waals surface area contributed by atoms with Crippen LogP contribution >= 0.6 is 0 Å². The molecule has 1 aliphatic rings. The Kier molecular flexibility index (Phi) is 3.42. The van der Waals surface area contributed by atoms with Gasteiger partial charge in [0.25, 0.3) is 5.91 Å². The first-order chi connectivity index (χ1) is 9.71. The summed E-state index contributed by atoms with van der Waals surface area (Å²) in [5, 5.41) is 9.21. The minimum Gasteiger partial charge on any atom is -0.273 e. The number of rotatable bonds is 2. The second kappa shape index (κ2) is 4.81. The van der Waals surface area contributed by atoms with Gasteiger partial charge in [0.2, 0.25) is 5.91 Å². The molecule has 0 N–H and O–H groups in total. The number of likely N-dealkylation sites (tertiary alicyclic amines) is 1. The zero-order chi connectivity index (χ0) is 15.8. The maximum Gasteiger partial charge on any atom is 0.258 e. The zero-order valence-electron chi connectivity index (χ0n) is 12.5. The van der Waals surface area contributed by atoms with Crippen LogP contribution in [0.5, 0.6) is 0 Å². The molecule has 21 heavy (non-hydrogen) atoms. The Bertz CT molecular complexity index is 667. The van der Waals surface area contributed by atoms with Crippen molar-refractivity contribution in [1.82, 2.24) is 9.88 Å². The van der Waals surface area contributed by atoms with E-state index in [9.17, 15) is 14.9 Å². The van der Waals surface area contributed by atoms with E-state index < -0.39 is 16.9 Å². The number of pyridine rings is 1. The molecule has 0 aromatic carbocycles. The van der Waals surface area contributed by atoms with Gasteiger partial charge in [-0.2, -0.15) is 5.26 Å². The van der Waals surface area contributed by atoms with Gasteiger partial charge in [-0.3, -0.25) is 19.5 Å². The second-order valence-electron chi connectivity index (χ2n) is 6.05.